The van der Waals surface area contributed by atoms with E-state index in [1.807, 2.05) is 41.0 Å². The molecule has 0 fully saturated rings. The van der Waals surface area contributed by atoms with Gasteiger partial charge in [0, 0.05) is 10.8 Å². The fourth-order valence-corrected chi connectivity index (χ4v) is 2.86. The molecule has 2 aromatic carbocycles. The van der Waals surface area contributed by atoms with Crippen molar-refractivity contribution >= 4 is 27.8 Å². The molecule has 0 saturated heterocycles. The number of esters is 1. The van der Waals surface area contributed by atoms with Crippen molar-refractivity contribution in [1.82, 2.24) is 4.57 Å². The van der Waals surface area contributed by atoms with E-state index in [2.05, 4.69) is 21.1 Å². The molecule has 5 heteroatoms. The topological polar surface area (TPSA) is 48.3 Å². The van der Waals surface area contributed by atoms with Crippen molar-refractivity contribution in [3.05, 3.63) is 58.8 Å². The molecule has 0 spiro atoms. The van der Waals surface area contributed by atoms with Gasteiger partial charge in [-0.25, -0.2) is 0 Å². The molecule has 0 aliphatic carbocycles. The Hall–Kier alpha value is -2.66. The highest BCUT2D eigenvalue weighted by Crippen LogP contribution is 2.19. The third kappa shape index (κ3) is 3.72. The molecular weight excluding hydrogens is 316 g/mol. The molecule has 0 N–H and O–H groups in total. The molecule has 3 rings (SSSR count). The first-order chi connectivity index (χ1) is 11.9. The minimum Gasteiger partial charge on any atom is -0.458 e. The van der Waals surface area contributed by atoms with Gasteiger partial charge in [0.15, 0.2) is 5.43 Å². The highest BCUT2D eigenvalue weighted by atomic mass is 16.5. The molecule has 25 heavy (non-hydrogen) atoms. The molecule has 3 aromatic rings. The number of para-hydroxylation sites is 2. The van der Waals surface area contributed by atoms with Crippen LogP contribution in [-0.4, -0.2) is 49.3 Å². The van der Waals surface area contributed by atoms with Gasteiger partial charge in [-0.2, -0.15) is 0 Å². The zero-order chi connectivity index (χ0) is 18.0. The predicted molar refractivity (Wildman–Crippen MR) is 99.6 cm³/mol. The molecule has 0 saturated carbocycles. The third-order valence-corrected chi connectivity index (χ3v) is 4.19. The van der Waals surface area contributed by atoms with Crippen LogP contribution in [-0.2, 0) is 16.1 Å². The van der Waals surface area contributed by atoms with Gasteiger partial charge in [-0.3, -0.25) is 9.59 Å². The Morgan fingerprint density at radius 1 is 0.960 bits per heavy atom. The first-order valence-electron chi connectivity index (χ1n) is 8.33. The highest BCUT2D eigenvalue weighted by molar-refractivity contribution is 5.94. The summed E-state index contributed by atoms with van der Waals surface area (Å²) in [5.74, 6) is -0.299. The summed E-state index contributed by atoms with van der Waals surface area (Å²) >= 11 is 0. The van der Waals surface area contributed by atoms with Crippen molar-refractivity contribution in [2.75, 3.05) is 34.3 Å². The van der Waals surface area contributed by atoms with Gasteiger partial charge in [0.05, 0.1) is 32.2 Å². The van der Waals surface area contributed by atoms with E-state index in [9.17, 15) is 9.59 Å². The molecule has 0 atom stereocenters. The minimum absolute atomic E-state index is 0.0131. The number of hydrogen-bond donors (Lipinski definition) is 0. The third-order valence-electron chi connectivity index (χ3n) is 4.19. The van der Waals surface area contributed by atoms with E-state index in [-0.39, 0.29) is 17.9 Å². The monoisotopic (exact) mass is 339 g/mol. The molecule has 5 nitrogen and oxygen atoms in total. The SMILES string of the molecule is C[N+](C)(C)CCOC(=O)Cn1c2ccccc2c(=O)c2ccccc21. The van der Waals surface area contributed by atoms with Crippen LogP contribution in [0.15, 0.2) is 53.3 Å². The van der Waals surface area contributed by atoms with E-state index in [0.717, 1.165) is 22.1 Å². The van der Waals surface area contributed by atoms with Crippen LogP contribution in [0.1, 0.15) is 0 Å². The summed E-state index contributed by atoms with van der Waals surface area (Å²) in [6.45, 7) is 1.20. The van der Waals surface area contributed by atoms with Gasteiger partial charge in [-0.1, -0.05) is 24.3 Å². The fourth-order valence-electron chi connectivity index (χ4n) is 2.86. The lowest BCUT2D eigenvalue weighted by Gasteiger charge is -2.23. The molecule has 0 bridgehead atoms. The Balaban J connectivity index is 1.98. The van der Waals surface area contributed by atoms with Crippen LogP contribution in [0.5, 0.6) is 0 Å². The Labute approximate surface area is 146 Å². The van der Waals surface area contributed by atoms with Crippen LogP contribution in [0, 0.1) is 0 Å². The summed E-state index contributed by atoms with van der Waals surface area (Å²) in [6, 6.07) is 14.7. The lowest BCUT2D eigenvalue weighted by atomic mass is 10.1. The van der Waals surface area contributed by atoms with E-state index < -0.39 is 0 Å². The molecule has 0 aliphatic rings. The summed E-state index contributed by atoms with van der Waals surface area (Å²) in [4.78, 5) is 25.0. The largest absolute Gasteiger partial charge is 0.458 e. The first kappa shape index (κ1) is 17.2. The van der Waals surface area contributed by atoms with Gasteiger partial charge < -0.3 is 13.8 Å². The number of ether oxygens (including phenoxy) is 1. The van der Waals surface area contributed by atoms with Gasteiger partial charge in [0.25, 0.3) is 0 Å². The number of carbonyl (C=O) groups is 1. The molecule has 0 amide bonds. The second-order valence-corrected chi connectivity index (χ2v) is 7.18. The number of aromatic nitrogens is 1. The Kier molecular flexibility index (Phi) is 4.59. The molecule has 0 unspecified atom stereocenters. The Morgan fingerprint density at radius 3 is 2.00 bits per heavy atom. The normalized spacial score (nSPS) is 11.8. The van der Waals surface area contributed by atoms with Crippen molar-refractivity contribution < 1.29 is 14.0 Å². The number of fused-ring (bicyclic) bond motifs is 2. The van der Waals surface area contributed by atoms with Crippen LogP contribution in [0.2, 0.25) is 0 Å². The summed E-state index contributed by atoms with van der Waals surface area (Å²) < 4.78 is 7.99. The lowest BCUT2D eigenvalue weighted by molar-refractivity contribution is -0.870. The van der Waals surface area contributed by atoms with E-state index in [0.29, 0.717) is 17.4 Å². The van der Waals surface area contributed by atoms with Gasteiger partial charge in [0.2, 0.25) is 0 Å². The van der Waals surface area contributed by atoms with Gasteiger partial charge in [-0.05, 0) is 24.3 Å². The number of quaternary nitrogens is 1. The number of rotatable bonds is 5. The Bertz CT molecular complexity index is 924. The number of pyridine rings is 1. The second-order valence-electron chi connectivity index (χ2n) is 7.18. The summed E-state index contributed by atoms with van der Waals surface area (Å²) in [5.41, 5.74) is 1.48. The fraction of sp³-hybridized carbons (Fsp3) is 0.300. The van der Waals surface area contributed by atoms with Crippen molar-refractivity contribution in [3.8, 4) is 0 Å². The smallest absolute Gasteiger partial charge is 0.326 e. The van der Waals surface area contributed by atoms with Crippen LogP contribution in [0.4, 0.5) is 0 Å². The molecule has 0 aliphatic heterocycles. The van der Waals surface area contributed by atoms with E-state index in [4.69, 9.17) is 4.74 Å². The highest BCUT2D eigenvalue weighted by Gasteiger charge is 2.14. The maximum atomic E-state index is 12.7. The zero-order valence-corrected chi connectivity index (χ0v) is 14.9. The summed E-state index contributed by atoms with van der Waals surface area (Å²) in [7, 11) is 6.16. The number of hydrogen-bond acceptors (Lipinski definition) is 3. The lowest BCUT2D eigenvalue weighted by Crippen LogP contribution is -2.38. The molecule has 0 radical (unpaired) electrons. The predicted octanol–water partition coefficient (Wildman–Crippen LogP) is 2.40. The quantitative estimate of drug-likeness (QED) is 0.407. The summed E-state index contributed by atoms with van der Waals surface area (Å²) in [6.07, 6.45) is 0. The van der Waals surface area contributed by atoms with Crippen LogP contribution < -0.4 is 5.43 Å². The van der Waals surface area contributed by atoms with Gasteiger partial charge in [0.1, 0.15) is 19.7 Å². The first-order valence-corrected chi connectivity index (χ1v) is 8.33. The maximum Gasteiger partial charge on any atom is 0.326 e. The van der Waals surface area contributed by atoms with Crippen LogP contribution >= 0.6 is 0 Å². The summed E-state index contributed by atoms with van der Waals surface area (Å²) in [5, 5.41) is 1.22. The van der Waals surface area contributed by atoms with Gasteiger partial charge in [-0.15, -0.1) is 0 Å². The maximum absolute atomic E-state index is 12.7. The molecule has 1 heterocycles. The number of carbonyl (C=O) groups excluding carboxylic acids is 1. The average Bonchev–Trinajstić information content (AvgIpc) is 2.57. The van der Waals surface area contributed by atoms with Gasteiger partial charge >= 0.3 is 5.97 Å². The average molecular weight is 339 g/mol. The van der Waals surface area contributed by atoms with E-state index in [1.54, 1.807) is 12.1 Å². The molecule has 130 valence electrons. The van der Waals surface area contributed by atoms with Crippen molar-refractivity contribution in [2.24, 2.45) is 0 Å². The van der Waals surface area contributed by atoms with Crippen LogP contribution in [0.3, 0.4) is 0 Å². The zero-order valence-electron chi connectivity index (χ0n) is 14.9. The minimum atomic E-state index is -0.299. The van der Waals surface area contributed by atoms with Crippen LogP contribution in [0.25, 0.3) is 21.8 Å². The molecular formula is C20H23N2O3+. The Morgan fingerprint density at radius 2 is 1.48 bits per heavy atom. The molecule has 1 aromatic heterocycles. The van der Waals surface area contributed by atoms with Crippen molar-refractivity contribution in [3.63, 3.8) is 0 Å². The second kappa shape index (κ2) is 6.69. The van der Waals surface area contributed by atoms with E-state index in [1.165, 1.54) is 0 Å². The number of benzene rings is 2. The van der Waals surface area contributed by atoms with E-state index >= 15 is 0 Å². The van der Waals surface area contributed by atoms with Crippen molar-refractivity contribution in [1.29, 1.82) is 0 Å². The van der Waals surface area contributed by atoms with Crippen molar-refractivity contribution in [2.45, 2.75) is 6.54 Å². The number of nitrogens with zero attached hydrogens (tertiary/aromatic N) is 2. The number of likely N-dealkylation sites (N-methyl/N-ethyl adjacent to an activating group) is 1. The standard InChI is InChI=1S/C20H23N2O3/c1-22(2,3)12-13-25-19(23)14-21-17-10-6-4-8-15(17)20(24)16-9-5-7-11-18(16)21/h4-11H,12-14H2,1-3H3/q+1.